The molecule has 0 aromatic carbocycles. The maximum Gasteiger partial charge on any atom is 0.501 e. The molecular formula is C12H38O8Si7. The Bertz CT molecular complexity index is 441. The third-order valence-corrected chi connectivity index (χ3v) is 23.2. The third-order valence-electron chi connectivity index (χ3n) is 2.90. The first-order chi connectivity index (χ1) is 12.2. The highest BCUT2D eigenvalue weighted by Gasteiger charge is 2.48. The van der Waals surface area contributed by atoms with Gasteiger partial charge in [-0.15, -0.1) is 6.58 Å². The van der Waals surface area contributed by atoms with Crippen molar-refractivity contribution >= 4 is 63.5 Å². The van der Waals surface area contributed by atoms with Gasteiger partial charge in [0.15, 0.2) is 9.04 Å². The summed E-state index contributed by atoms with van der Waals surface area (Å²) in [6.07, 6.45) is 0. The molecule has 0 saturated carbocycles. The Morgan fingerprint density at radius 1 is 0.741 bits per heavy atom. The smallest absolute Gasteiger partial charge is 0.440 e. The summed E-state index contributed by atoms with van der Waals surface area (Å²) >= 11 is 0. The van der Waals surface area contributed by atoms with Crippen LogP contribution in [0.5, 0.6) is 0 Å². The standard InChI is InChI=1S/C12H38O8Si7/c1-12-27(15-21-13-2,16-22-14-3)20-26(10,11)19-25(8,9)18-24(6,7)17-23(4)5/h12,23H,1,21-22H2,2-11H3. The van der Waals surface area contributed by atoms with Gasteiger partial charge in [-0.05, 0) is 58.1 Å². The summed E-state index contributed by atoms with van der Waals surface area (Å²) in [6, 6.07) is 0. The molecule has 0 unspecified atom stereocenters. The van der Waals surface area contributed by atoms with E-state index in [-0.39, 0.29) is 0 Å². The van der Waals surface area contributed by atoms with Crippen LogP contribution in [0.1, 0.15) is 0 Å². The van der Waals surface area contributed by atoms with Crippen molar-refractivity contribution in [2.24, 2.45) is 0 Å². The van der Waals surface area contributed by atoms with Crippen molar-refractivity contribution in [3.8, 4) is 0 Å². The molecule has 0 aliphatic rings. The summed E-state index contributed by atoms with van der Waals surface area (Å²) in [4.78, 5) is 0. The average Bonchev–Trinajstić information content (AvgIpc) is 2.45. The summed E-state index contributed by atoms with van der Waals surface area (Å²) in [5, 5.41) is 0. The molecule has 15 heteroatoms. The second kappa shape index (κ2) is 12.0. The highest BCUT2D eigenvalue weighted by molar-refractivity contribution is 6.89. The Morgan fingerprint density at radius 3 is 1.52 bits per heavy atom. The fraction of sp³-hybridized carbons (Fsp3) is 0.833. The van der Waals surface area contributed by atoms with Gasteiger partial charge in [-0.2, -0.15) is 0 Å². The molecule has 0 rings (SSSR count). The van der Waals surface area contributed by atoms with E-state index in [1.165, 1.54) is 0 Å². The Hall–Kier alpha value is 0.938. The molecule has 162 valence electrons. The van der Waals surface area contributed by atoms with E-state index in [1.54, 1.807) is 19.9 Å². The predicted octanol–water partition coefficient (Wildman–Crippen LogP) is 1.13. The molecular weight excluding hydrogens is 469 g/mol. The summed E-state index contributed by atoms with van der Waals surface area (Å²) < 4.78 is 47.4. The SMILES string of the molecule is C=C[Si](O[SiH2]OC)(O[SiH2]OC)O[Si](C)(C)O[Si](C)(C)O[Si](C)(C)O[SiH](C)C. The Kier molecular flexibility index (Phi) is 12.4. The molecule has 0 spiro atoms. The second-order valence-electron chi connectivity index (χ2n) is 7.58. The average molecular weight is 507 g/mol. The molecule has 0 fully saturated rings. The predicted molar refractivity (Wildman–Crippen MR) is 125 cm³/mol. The van der Waals surface area contributed by atoms with Gasteiger partial charge in [-0.1, -0.05) is 0 Å². The van der Waals surface area contributed by atoms with Gasteiger partial charge in [0.25, 0.3) is 20.0 Å². The van der Waals surface area contributed by atoms with Crippen molar-refractivity contribution < 1.29 is 33.5 Å². The van der Waals surface area contributed by atoms with E-state index >= 15 is 0 Å². The van der Waals surface area contributed by atoms with E-state index in [4.69, 9.17) is 33.5 Å². The fourth-order valence-corrected chi connectivity index (χ4v) is 27.3. The summed E-state index contributed by atoms with van der Waals surface area (Å²) in [5.74, 6) is 0. The van der Waals surface area contributed by atoms with Crippen molar-refractivity contribution in [2.75, 3.05) is 14.2 Å². The van der Waals surface area contributed by atoms with E-state index in [2.05, 4.69) is 32.8 Å². The van der Waals surface area contributed by atoms with Crippen LogP contribution in [0.2, 0.25) is 52.4 Å². The molecule has 8 nitrogen and oxygen atoms in total. The zero-order valence-electron chi connectivity index (χ0n) is 18.5. The van der Waals surface area contributed by atoms with Gasteiger partial charge in [0, 0.05) is 14.2 Å². The largest absolute Gasteiger partial charge is 0.501 e. The van der Waals surface area contributed by atoms with E-state index in [9.17, 15) is 0 Å². The monoisotopic (exact) mass is 506 g/mol. The normalized spacial score (nSPS) is 16.7. The van der Waals surface area contributed by atoms with Crippen LogP contribution in [0, 0.1) is 0 Å². The van der Waals surface area contributed by atoms with Crippen LogP contribution >= 0.6 is 0 Å². The summed E-state index contributed by atoms with van der Waals surface area (Å²) in [7, 11) is -10.9. The first kappa shape index (κ1) is 27.9. The minimum Gasteiger partial charge on any atom is -0.440 e. The summed E-state index contributed by atoms with van der Waals surface area (Å²) in [6.45, 7) is 20.3. The van der Waals surface area contributed by atoms with E-state index in [1.807, 2.05) is 26.2 Å². The molecule has 0 aromatic rings. The minimum absolute atomic E-state index is 1.19. The van der Waals surface area contributed by atoms with Crippen molar-refractivity contribution in [1.82, 2.24) is 0 Å². The quantitative estimate of drug-likeness (QED) is 0.306. The zero-order valence-corrected chi connectivity index (χ0v) is 26.5. The molecule has 0 radical (unpaired) electrons. The maximum absolute atomic E-state index is 6.44. The molecule has 0 aromatic heterocycles. The first-order valence-electron chi connectivity index (χ1n) is 8.90. The van der Waals surface area contributed by atoms with Gasteiger partial charge >= 0.3 is 34.5 Å². The topological polar surface area (TPSA) is 73.8 Å². The van der Waals surface area contributed by atoms with Gasteiger partial charge in [0.05, 0.1) is 0 Å². The van der Waals surface area contributed by atoms with E-state index < -0.39 is 63.5 Å². The van der Waals surface area contributed by atoms with Crippen LogP contribution in [0.4, 0.5) is 0 Å². The van der Waals surface area contributed by atoms with Gasteiger partial charge < -0.3 is 33.5 Å². The van der Waals surface area contributed by atoms with Crippen molar-refractivity contribution in [3.05, 3.63) is 12.3 Å². The Morgan fingerprint density at radius 2 is 1.15 bits per heavy atom. The van der Waals surface area contributed by atoms with Crippen LogP contribution in [0.15, 0.2) is 12.3 Å². The van der Waals surface area contributed by atoms with Gasteiger partial charge in [0.2, 0.25) is 0 Å². The minimum atomic E-state index is -3.10. The lowest BCUT2D eigenvalue weighted by Crippen LogP contribution is -2.60. The highest BCUT2D eigenvalue weighted by atomic mass is 28.5. The zero-order chi connectivity index (χ0) is 21.4. The number of rotatable bonds is 15. The Labute approximate surface area is 175 Å². The maximum atomic E-state index is 6.44. The molecule has 27 heavy (non-hydrogen) atoms. The molecule has 0 aliphatic heterocycles. The lowest BCUT2D eigenvalue weighted by atomic mass is 11.3. The van der Waals surface area contributed by atoms with Crippen molar-refractivity contribution in [2.45, 2.75) is 52.4 Å². The van der Waals surface area contributed by atoms with Crippen LogP contribution in [-0.2, 0) is 33.5 Å². The molecule has 0 N–H and O–H groups in total. The molecule has 0 saturated heterocycles. The van der Waals surface area contributed by atoms with E-state index in [0.29, 0.717) is 0 Å². The summed E-state index contributed by atoms with van der Waals surface area (Å²) in [5.41, 5.74) is 1.63. The second-order valence-corrected chi connectivity index (χ2v) is 27.0. The van der Waals surface area contributed by atoms with Gasteiger partial charge in [-0.25, -0.2) is 0 Å². The van der Waals surface area contributed by atoms with Crippen molar-refractivity contribution in [3.63, 3.8) is 0 Å². The number of hydrogen-bond donors (Lipinski definition) is 0. The molecule has 0 bridgehead atoms. The first-order valence-corrected chi connectivity index (χ1v) is 24.2. The van der Waals surface area contributed by atoms with Crippen molar-refractivity contribution in [1.29, 1.82) is 0 Å². The molecule has 0 aliphatic carbocycles. The lowest BCUT2D eigenvalue weighted by molar-refractivity contribution is 0.209. The fourth-order valence-electron chi connectivity index (χ4n) is 2.70. The van der Waals surface area contributed by atoms with Gasteiger partial charge in [0.1, 0.15) is 0 Å². The van der Waals surface area contributed by atoms with E-state index in [0.717, 1.165) is 0 Å². The lowest BCUT2D eigenvalue weighted by Gasteiger charge is -2.41. The third kappa shape index (κ3) is 12.3. The Balaban J connectivity index is 5.24. The molecule has 0 heterocycles. The molecule has 0 amide bonds. The molecule has 0 atom stereocenters. The van der Waals surface area contributed by atoms with Gasteiger partial charge in [-0.3, -0.25) is 0 Å². The number of hydrogen-bond acceptors (Lipinski definition) is 8. The highest BCUT2D eigenvalue weighted by Crippen LogP contribution is 2.25. The van der Waals surface area contributed by atoms with Crippen LogP contribution < -0.4 is 0 Å². The van der Waals surface area contributed by atoms with Crippen LogP contribution in [0.3, 0.4) is 0 Å². The van der Waals surface area contributed by atoms with Crippen LogP contribution in [-0.4, -0.2) is 77.8 Å². The van der Waals surface area contributed by atoms with Crippen LogP contribution in [0.25, 0.3) is 0 Å².